The maximum absolute atomic E-state index is 13.2. The number of carbonyl (C=O) groups excluding carboxylic acids is 1. The summed E-state index contributed by atoms with van der Waals surface area (Å²) in [7, 11) is -3.81. The fourth-order valence-electron chi connectivity index (χ4n) is 2.73. The molecule has 0 radical (unpaired) electrons. The van der Waals surface area contributed by atoms with Crippen molar-refractivity contribution in [1.82, 2.24) is 9.62 Å². The molecule has 3 N–H and O–H groups in total. The first kappa shape index (κ1) is 21.8. The lowest BCUT2D eigenvalue weighted by Gasteiger charge is -2.33. The van der Waals surface area contributed by atoms with Gasteiger partial charge in [0.15, 0.2) is 0 Å². The third kappa shape index (κ3) is 6.54. The van der Waals surface area contributed by atoms with Crippen molar-refractivity contribution in [2.24, 2.45) is 5.73 Å². The van der Waals surface area contributed by atoms with E-state index in [0.717, 1.165) is 12.5 Å². The molecule has 2 rings (SSSR count). The number of nitrogens with zero attached hydrogens (tertiary/aromatic N) is 1. The van der Waals surface area contributed by atoms with Gasteiger partial charge < -0.3 is 10.6 Å². The van der Waals surface area contributed by atoms with Crippen LogP contribution in [-0.2, 0) is 14.8 Å². The van der Waals surface area contributed by atoms with Crippen LogP contribution in [0.3, 0.4) is 0 Å². The number of nitrogens with one attached hydrogen (secondary N) is 1. The Morgan fingerprint density at radius 3 is 2.84 bits per heavy atom. The Morgan fingerprint density at radius 1 is 1.48 bits per heavy atom. The van der Waals surface area contributed by atoms with Gasteiger partial charge in [-0.15, -0.1) is 12.4 Å². The number of carbonyl (C=O) groups is 1. The van der Waals surface area contributed by atoms with E-state index in [0.29, 0.717) is 32.4 Å². The normalized spacial score (nSPS) is 19.2. The minimum Gasteiger partial charge on any atom is -0.341 e. The Labute approximate surface area is 154 Å². The van der Waals surface area contributed by atoms with Crippen LogP contribution in [0.1, 0.15) is 32.6 Å². The molecule has 1 aromatic rings. The summed E-state index contributed by atoms with van der Waals surface area (Å²) in [6, 6.07) is 4.47. The molecule has 0 aliphatic carbocycles. The van der Waals surface area contributed by atoms with E-state index in [1.165, 1.54) is 18.2 Å². The summed E-state index contributed by atoms with van der Waals surface area (Å²) in [5.74, 6) is -0.615. The zero-order chi connectivity index (χ0) is 17.7. The highest BCUT2D eigenvalue weighted by Crippen LogP contribution is 2.16. The van der Waals surface area contributed by atoms with Crippen LogP contribution >= 0.6 is 12.4 Å². The smallest absolute Gasteiger partial charge is 0.240 e. The van der Waals surface area contributed by atoms with Gasteiger partial charge in [0, 0.05) is 31.6 Å². The Hall–Kier alpha value is -1.22. The maximum atomic E-state index is 13.2. The number of hydrogen-bond donors (Lipinski definition) is 2. The van der Waals surface area contributed by atoms with Crippen molar-refractivity contribution in [2.45, 2.75) is 49.6 Å². The van der Waals surface area contributed by atoms with E-state index >= 15 is 0 Å². The van der Waals surface area contributed by atoms with E-state index in [2.05, 4.69) is 4.72 Å². The molecule has 0 spiro atoms. The number of amides is 1. The second-order valence-electron chi connectivity index (χ2n) is 6.27. The fraction of sp³-hybridized carbons (Fsp3) is 0.562. The lowest BCUT2D eigenvalue weighted by Crippen LogP contribution is -2.49. The van der Waals surface area contributed by atoms with E-state index in [1.54, 1.807) is 4.90 Å². The Morgan fingerprint density at radius 2 is 2.20 bits per heavy atom. The van der Waals surface area contributed by atoms with Crippen LogP contribution in [-0.4, -0.2) is 44.4 Å². The summed E-state index contributed by atoms with van der Waals surface area (Å²) in [5, 5.41) is 0. The van der Waals surface area contributed by atoms with Crippen molar-refractivity contribution in [2.75, 3.05) is 13.1 Å². The molecule has 2 atom stereocenters. The third-order valence-electron chi connectivity index (χ3n) is 4.02. The number of hydrogen-bond acceptors (Lipinski definition) is 4. The summed E-state index contributed by atoms with van der Waals surface area (Å²) < 4.78 is 40.5. The van der Waals surface area contributed by atoms with Gasteiger partial charge in [-0.2, -0.15) is 0 Å². The van der Waals surface area contributed by atoms with Crippen LogP contribution in [0.2, 0.25) is 0 Å². The molecule has 9 heteroatoms. The number of nitrogens with two attached hydrogens (primary N) is 1. The molecule has 25 heavy (non-hydrogen) atoms. The van der Waals surface area contributed by atoms with Gasteiger partial charge in [-0.3, -0.25) is 4.79 Å². The predicted octanol–water partition coefficient (Wildman–Crippen LogP) is 1.64. The number of rotatable bonds is 6. The van der Waals surface area contributed by atoms with Crippen LogP contribution in [0, 0.1) is 5.82 Å². The average Bonchev–Trinajstić information content (AvgIpc) is 2.52. The molecule has 1 saturated heterocycles. The number of likely N-dealkylation sites (tertiary alicyclic amines) is 1. The van der Waals surface area contributed by atoms with Crippen LogP contribution in [0.15, 0.2) is 29.2 Å². The van der Waals surface area contributed by atoms with Gasteiger partial charge in [0.1, 0.15) is 5.82 Å². The van der Waals surface area contributed by atoms with Crippen LogP contribution in [0.25, 0.3) is 0 Å². The highest BCUT2D eigenvalue weighted by atomic mass is 35.5. The Balaban J connectivity index is 0.00000312. The summed E-state index contributed by atoms with van der Waals surface area (Å²) in [6.45, 7) is 2.79. The second kappa shape index (κ2) is 9.47. The molecule has 1 aliphatic rings. The molecular formula is C16H25ClFN3O3S. The number of sulfonamides is 1. The van der Waals surface area contributed by atoms with Gasteiger partial charge in [0.2, 0.25) is 15.9 Å². The molecule has 6 nitrogen and oxygen atoms in total. The number of piperidine rings is 1. The monoisotopic (exact) mass is 393 g/mol. The van der Waals surface area contributed by atoms with Gasteiger partial charge >= 0.3 is 0 Å². The number of halogens is 2. The first-order valence-corrected chi connectivity index (χ1v) is 9.57. The summed E-state index contributed by atoms with van der Waals surface area (Å²) in [5.41, 5.74) is 5.66. The Bertz CT molecular complexity index is 685. The maximum Gasteiger partial charge on any atom is 0.240 e. The fourth-order valence-corrected chi connectivity index (χ4v) is 4.02. The summed E-state index contributed by atoms with van der Waals surface area (Å²) in [4.78, 5) is 13.7. The minimum absolute atomic E-state index is 0. The van der Waals surface area contributed by atoms with Crippen molar-refractivity contribution < 1.29 is 17.6 Å². The van der Waals surface area contributed by atoms with Crippen molar-refractivity contribution in [1.29, 1.82) is 0 Å². The molecule has 1 heterocycles. The van der Waals surface area contributed by atoms with Crippen molar-refractivity contribution >= 4 is 28.3 Å². The molecule has 2 unspecified atom stereocenters. The van der Waals surface area contributed by atoms with Gasteiger partial charge in [-0.1, -0.05) is 6.07 Å². The molecule has 1 aliphatic heterocycles. The highest BCUT2D eigenvalue weighted by Gasteiger charge is 2.27. The van der Waals surface area contributed by atoms with Gasteiger partial charge in [0.25, 0.3) is 0 Å². The van der Waals surface area contributed by atoms with Crippen molar-refractivity contribution in [3.8, 4) is 0 Å². The standard InChI is InChI=1S/C16H24FN3O3S.ClH/c1-12(18)7-8-16(21)20-9-3-5-14(11-20)19-24(22,23)15-6-2-4-13(17)10-15;/h2,4,6,10,12,14,19H,3,5,7-9,11,18H2,1H3;1H. The van der Waals surface area contributed by atoms with E-state index in [1.807, 2.05) is 6.92 Å². The molecule has 0 bridgehead atoms. The van der Waals surface area contributed by atoms with Crippen LogP contribution in [0.5, 0.6) is 0 Å². The average molecular weight is 394 g/mol. The zero-order valence-electron chi connectivity index (χ0n) is 14.2. The van der Waals surface area contributed by atoms with Crippen molar-refractivity contribution in [3.63, 3.8) is 0 Å². The predicted molar refractivity (Wildman–Crippen MR) is 96.5 cm³/mol. The zero-order valence-corrected chi connectivity index (χ0v) is 15.8. The second-order valence-corrected chi connectivity index (χ2v) is 7.99. The molecule has 142 valence electrons. The molecular weight excluding hydrogens is 369 g/mol. The SMILES string of the molecule is CC(N)CCC(=O)N1CCCC(NS(=O)(=O)c2cccc(F)c2)C1.Cl. The van der Waals surface area contributed by atoms with E-state index in [4.69, 9.17) is 5.73 Å². The molecule has 1 amide bonds. The lowest BCUT2D eigenvalue weighted by molar-refractivity contribution is -0.132. The van der Waals surface area contributed by atoms with E-state index in [9.17, 15) is 17.6 Å². The van der Waals surface area contributed by atoms with Crippen LogP contribution < -0.4 is 10.5 Å². The topological polar surface area (TPSA) is 92.5 Å². The van der Waals surface area contributed by atoms with Gasteiger partial charge in [-0.25, -0.2) is 17.5 Å². The molecule has 0 saturated carbocycles. The molecule has 1 aromatic carbocycles. The first-order chi connectivity index (χ1) is 11.3. The highest BCUT2D eigenvalue weighted by molar-refractivity contribution is 7.89. The molecule has 1 fully saturated rings. The lowest BCUT2D eigenvalue weighted by atomic mass is 10.1. The summed E-state index contributed by atoms with van der Waals surface area (Å²) >= 11 is 0. The quantitative estimate of drug-likeness (QED) is 0.768. The number of benzene rings is 1. The van der Waals surface area contributed by atoms with Gasteiger partial charge in [0.05, 0.1) is 4.90 Å². The summed E-state index contributed by atoms with van der Waals surface area (Å²) in [6.07, 6.45) is 2.34. The van der Waals surface area contributed by atoms with Crippen molar-refractivity contribution in [3.05, 3.63) is 30.1 Å². The third-order valence-corrected chi connectivity index (χ3v) is 5.53. The van der Waals surface area contributed by atoms with E-state index < -0.39 is 15.8 Å². The Kier molecular flexibility index (Phi) is 8.27. The van der Waals surface area contributed by atoms with E-state index in [-0.39, 0.29) is 35.3 Å². The first-order valence-electron chi connectivity index (χ1n) is 8.09. The minimum atomic E-state index is -3.81. The molecule has 0 aromatic heterocycles. The van der Waals surface area contributed by atoms with Crippen LogP contribution in [0.4, 0.5) is 4.39 Å². The largest absolute Gasteiger partial charge is 0.341 e. The van der Waals surface area contributed by atoms with Gasteiger partial charge in [-0.05, 0) is 44.4 Å².